The molecule has 7 heteroatoms. The Hall–Kier alpha value is -3.64. The molecule has 0 aliphatic carbocycles. The standard InChI is InChI=1S/C21H14ClN3O3/c22-16-8-9-17(20-24-21(27)28-25-20)18(12-16)23-19(26)10-6-13-5-7-14-3-1-2-4-15(14)11-13/h1-12H,(H,23,26)(H,24,25,27)/b10-6+. The van der Waals surface area contributed by atoms with Gasteiger partial charge in [0, 0.05) is 16.7 Å². The van der Waals surface area contributed by atoms with E-state index in [9.17, 15) is 9.59 Å². The number of fused-ring (bicyclic) bond motifs is 1. The highest BCUT2D eigenvalue weighted by Gasteiger charge is 2.12. The Labute approximate surface area is 164 Å². The molecule has 1 heterocycles. The number of hydrogen-bond acceptors (Lipinski definition) is 4. The number of nitrogens with zero attached hydrogens (tertiary/aromatic N) is 1. The van der Waals surface area contributed by atoms with Gasteiger partial charge in [-0.1, -0.05) is 53.2 Å². The molecule has 28 heavy (non-hydrogen) atoms. The highest BCUT2D eigenvalue weighted by atomic mass is 35.5. The fraction of sp³-hybridized carbons (Fsp3) is 0. The van der Waals surface area contributed by atoms with Gasteiger partial charge in [0.05, 0.1) is 5.69 Å². The summed E-state index contributed by atoms with van der Waals surface area (Å²) in [6.45, 7) is 0. The Balaban J connectivity index is 1.57. The first-order valence-electron chi connectivity index (χ1n) is 8.42. The third-order valence-corrected chi connectivity index (χ3v) is 4.37. The van der Waals surface area contributed by atoms with Crippen LogP contribution in [0.5, 0.6) is 0 Å². The van der Waals surface area contributed by atoms with Crippen molar-refractivity contribution in [2.24, 2.45) is 0 Å². The van der Waals surface area contributed by atoms with Crippen molar-refractivity contribution in [3.8, 4) is 11.4 Å². The van der Waals surface area contributed by atoms with Gasteiger partial charge >= 0.3 is 5.76 Å². The van der Waals surface area contributed by atoms with E-state index in [1.807, 2.05) is 42.5 Å². The minimum Gasteiger partial charge on any atom is -0.322 e. The van der Waals surface area contributed by atoms with Gasteiger partial charge < -0.3 is 5.32 Å². The number of rotatable bonds is 4. The van der Waals surface area contributed by atoms with Crippen LogP contribution in [0.2, 0.25) is 5.02 Å². The van der Waals surface area contributed by atoms with E-state index in [-0.39, 0.29) is 11.7 Å². The summed E-state index contributed by atoms with van der Waals surface area (Å²) in [5.41, 5.74) is 1.80. The third-order valence-electron chi connectivity index (χ3n) is 4.14. The zero-order valence-corrected chi connectivity index (χ0v) is 15.2. The number of hydrogen-bond donors (Lipinski definition) is 2. The molecule has 4 aromatic rings. The van der Waals surface area contributed by atoms with Gasteiger partial charge in [0.25, 0.3) is 0 Å². The number of anilines is 1. The summed E-state index contributed by atoms with van der Waals surface area (Å²) in [7, 11) is 0. The summed E-state index contributed by atoms with van der Waals surface area (Å²) in [5.74, 6) is -0.823. The van der Waals surface area contributed by atoms with Crippen LogP contribution in [0.3, 0.4) is 0 Å². The first kappa shape index (κ1) is 17.8. The van der Waals surface area contributed by atoms with Crippen molar-refractivity contribution in [3.63, 3.8) is 0 Å². The second-order valence-electron chi connectivity index (χ2n) is 6.06. The van der Waals surface area contributed by atoms with Gasteiger partial charge in [-0.25, -0.2) is 4.79 Å². The van der Waals surface area contributed by atoms with Gasteiger partial charge in [-0.05, 0) is 46.7 Å². The largest absolute Gasteiger partial charge is 0.439 e. The van der Waals surface area contributed by atoms with Crippen molar-refractivity contribution in [1.82, 2.24) is 10.1 Å². The number of carbonyl (C=O) groups is 1. The minimum atomic E-state index is -0.682. The quantitative estimate of drug-likeness (QED) is 0.502. The molecule has 1 amide bonds. The van der Waals surface area contributed by atoms with Crippen LogP contribution in [0.15, 0.2) is 76.1 Å². The molecule has 0 saturated carbocycles. The van der Waals surface area contributed by atoms with Gasteiger partial charge in [-0.2, -0.15) is 0 Å². The molecule has 0 saturated heterocycles. The van der Waals surface area contributed by atoms with Crippen LogP contribution in [-0.2, 0) is 4.79 Å². The predicted molar refractivity (Wildman–Crippen MR) is 109 cm³/mol. The van der Waals surface area contributed by atoms with Crippen LogP contribution in [-0.4, -0.2) is 16.0 Å². The highest BCUT2D eigenvalue weighted by Crippen LogP contribution is 2.28. The monoisotopic (exact) mass is 391 g/mol. The lowest BCUT2D eigenvalue weighted by atomic mass is 10.1. The molecule has 0 fully saturated rings. The highest BCUT2D eigenvalue weighted by molar-refractivity contribution is 6.31. The topological polar surface area (TPSA) is 88.0 Å². The smallest absolute Gasteiger partial charge is 0.322 e. The summed E-state index contributed by atoms with van der Waals surface area (Å²) in [4.78, 5) is 26.1. The summed E-state index contributed by atoms with van der Waals surface area (Å²) in [5, 5.41) is 9.07. The lowest BCUT2D eigenvalue weighted by Crippen LogP contribution is -2.09. The molecule has 3 aromatic carbocycles. The lowest BCUT2D eigenvalue weighted by molar-refractivity contribution is -0.111. The van der Waals surface area contributed by atoms with Gasteiger partial charge in [0.15, 0.2) is 5.82 Å². The van der Waals surface area contributed by atoms with E-state index < -0.39 is 5.76 Å². The van der Waals surface area contributed by atoms with Crippen LogP contribution in [0.1, 0.15) is 5.56 Å². The van der Waals surface area contributed by atoms with E-state index in [0.717, 1.165) is 16.3 Å². The van der Waals surface area contributed by atoms with Crippen LogP contribution in [0.4, 0.5) is 5.69 Å². The number of H-pyrrole nitrogens is 1. The first-order chi connectivity index (χ1) is 13.6. The number of halogens is 1. The average Bonchev–Trinajstić information content (AvgIpc) is 3.12. The summed E-state index contributed by atoms with van der Waals surface area (Å²) in [6.07, 6.45) is 3.16. The van der Waals surface area contributed by atoms with Crippen molar-refractivity contribution in [2.75, 3.05) is 5.32 Å². The van der Waals surface area contributed by atoms with Crippen LogP contribution >= 0.6 is 11.6 Å². The summed E-state index contributed by atoms with van der Waals surface area (Å²) >= 11 is 6.04. The molecule has 0 aliphatic rings. The molecule has 4 rings (SSSR count). The Morgan fingerprint density at radius 1 is 1.07 bits per heavy atom. The SMILES string of the molecule is O=C(/C=C/c1ccc2ccccc2c1)Nc1cc(Cl)ccc1-c1noc(=O)[nH]1. The molecule has 6 nitrogen and oxygen atoms in total. The first-order valence-corrected chi connectivity index (χ1v) is 8.80. The second-order valence-corrected chi connectivity index (χ2v) is 6.50. The van der Waals surface area contributed by atoms with Crippen molar-refractivity contribution in [1.29, 1.82) is 0 Å². The fourth-order valence-electron chi connectivity index (χ4n) is 2.83. The van der Waals surface area contributed by atoms with E-state index in [1.165, 1.54) is 6.08 Å². The Bertz CT molecular complexity index is 1260. The third kappa shape index (κ3) is 3.87. The minimum absolute atomic E-state index is 0.204. The summed E-state index contributed by atoms with van der Waals surface area (Å²) < 4.78 is 4.53. The molecule has 138 valence electrons. The van der Waals surface area contributed by atoms with Gasteiger partial charge in [-0.3, -0.25) is 14.3 Å². The fourth-order valence-corrected chi connectivity index (χ4v) is 3.00. The van der Waals surface area contributed by atoms with E-state index in [0.29, 0.717) is 16.3 Å². The van der Waals surface area contributed by atoms with E-state index in [2.05, 4.69) is 20.0 Å². The lowest BCUT2D eigenvalue weighted by Gasteiger charge is -2.08. The Morgan fingerprint density at radius 3 is 2.68 bits per heavy atom. The maximum Gasteiger partial charge on any atom is 0.439 e. The molecule has 2 N–H and O–H groups in total. The molecule has 1 aromatic heterocycles. The molecule has 0 unspecified atom stereocenters. The number of amides is 1. The molecule has 0 radical (unpaired) electrons. The molecular formula is C21H14ClN3O3. The van der Waals surface area contributed by atoms with Gasteiger partial charge in [0.1, 0.15) is 0 Å². The zero-order valence-electron chi connectivity index (χ0n) is 14.5. The maximum absolute atomic E-state index is 12.4. The molecule has 0 aliphatic heterocycles. The average molecular weight is 392 g/mol. The number of carbonyl (C=O) groups excluding carboxylic acids is 1. The Kier molecular flexibility index (Phi) is 4.78. The molecule has 0 bridgehead atoms. The zero-order chi connectivity index (χ0) is 19.5. The number of benzene rings is 3. The predicted octanol–water partition coefficient (Wildman–Crippen LogP) is 4.49. The number of aromatic nitrogens is 2. The van der Waals surface area contributed by atoms with E-state index in [1.54, 1.807) is 24.3 Å². The number of aromatic amines is 1. The Morgan fingerprint density at radius 2 is 1.89 bits per heavy atom. The maximum atomic E-state index is 12.4. The van der Waals surface area contributed by atoms with E-state index >= 15 is 0 Å². The van der Waals surface area contributed by atoms with Gasteiger partial charge in [-0.15, -0.1) is 0 Å². The summed E-state index contributed by atoms with van der Waals surface area (Å²) in [6, 6.07) is 18.8. The van der Waals surface area contributed by atoms with Crippen molar-refractivity contribution in [2.45, 2.75) is 0 Å². The molecular weight excluding hydrogens is 378 g/mol. The van der Waals surface area contributed by atoms with Crippen LogP contribution < -0.4 is 11.1 Å². The van der Waals surface area contributed by atoms with Gasteiger partial charge in [0.2, 0.25) is 5.91 Å². The van der Waals surface area contributed by atoms with Crippen LogP contribution in [0, 0.1) is 0 Å². The second kappa shape index (κ2) is 7.54. The molecule has 0 spiro atoms. The normalized spacial score (nSPS) is 11.2. The van der Waals surface area contributed by atoms with Crippen molar-refractivity contribution in [3.05, 3.63) is 87.9 Å². The van der Waals surface area contributed by atoms with Crippen molar-refractivity contribution >= 4 is 40.0 Å². The van der Waals surface area contributed by atoms with E-state index in [4.69, 9.17) is 11.6 Å². The number of nitrogens with one attached hydrogen (secondary N) is 2. The van der Waals surface area contributed by atoms with Crippen molar-refractivity contribution < 1.29 is 9.32 Å². The van der Waals surface area contributed by atoms with Crippen LogP contribution in [0.25, 0.3) is 28.2 Å². The molecule has 0 atom stereocenters.